The maximum atomic E-state index is 10.5. The Kier molecular flexibility index (Phi) is 5.99. The van der Waals surface area contributed by atoms with Crippen LogP contribution >= 0.6 is 0 Å². The highest BCUT2D eigenvalue weighted by Gasteiger charge is 2.21. The van der Waals surface area contributed by atoms with Gasteiger partial charge in [0.1, 0.15) is 5.75 Å². The topological polar surface area (TPSA) is 32.7 Å². The van der Waals surface area contributed by atoms with Crippen LogP contribution in [0.25, 0.3) is 0 Å². The number of aliphatic hydroxyl groups is 1. The lowest BCUT2D eigenvalue weighted by molar-refractivity contribution is 0.0683. The fourth-order valence-corrected chi connectivity index (χ4v) is 2.51. The number of nitrogens with zero attached hydrogens (tertiary/aromatic N) is 1. The highest BCUT2D eigenvalue weighted by molar-refractivity contribution is 5.33. The first-order valence-corrected chi connectivity index (χ1v) is 7.77. The molecule has 0 aliphatic heterocycles. The maximum absolute atomic E-state index is 10.5. The van der Waals surface area contributed by atoms with E-state index in [-0.39, 0.29) is 6.04 Å². The molecular formula is C19H25NO2. The van der Waals surface area contributed by atoms with E-state index in [2.05, 4.69) is 11.0 Å². The van der Waals surface area contributed by atoms with Crippen molar-refractivity contribution in [1.29, 1.82) is 0 Å². The summed E-state index contributed by atoms with van der Waals surface area (Å²) in [7, 11) is 2.03. The molecule has 3 heteroatoms. The third-order valence-electron chi connectivity index (χ3n) is 3.99. The summed E-state index contributed by atoms with van der Waals surface area (Å²) in [6, 6.07) is 17.9. The molecule has 0 saturated carbocycles. The Morgan fingerprint density at radius 2 is 1.68 bits per heavy atom. The van der Waals surface area contributed by atoms with Crippen molar-refractivity contribution in [3.63, 3.8) is 0 Å². The van der Waals surface area contributed by atoms with Crippen molar-refractivity contribution in [2.24, 2.45) is 0 Å². The van der Waals surface area contributed by atoms with Gasteiger partial charge >= 0.3 is 0 Å². The fraction of sp³-hybridized carbons (Fsp3) is 0.368. The van der Waals surface area contributed by atoms with Crippen LogP contribution in [0, 0.1) is 0 Å². The Labute approximate surface area is 133 Å². The second-order valence-electron chi connectivity index (χ2n) is 5.55. The van der Waals surface area contributed by atoms with Crippen molar-refractivity contribution in [3.8, 4) is 5.75 Å². The zero-order valence-electron chi connectivity index (χ0n) is 13.6. The Bertz CT molecular complexity index is 571. The molecule has 118 valence electrons. The van der Waals surface area contributed by atoms with Crippen LogP contribution in [-0.2, 0) is 6.54 Å². The molecule has 0 heterocycles. The zero-order chi connectivity index (χ0) is 15.9. The van der Waals surface area contributed by atoms with Crippen LogP contribution in [0.5, 0.6) is 5.75 Å². The van der Waals surface area contributed by atoms with Crippen LogP contribution < -0.4 is 4.74 Å². The molecular weight excluding hydrogens is 274 g/mol. The van der Waals surface area contributed by atoms with E-state index >= 15 is 0 Å². The molecule has 0 aliphatic rings. The lowest BCUT2D eigenvalue weighted by Gasteiger charge is -2.29. The Hall–Kier alpha value is -1.84. The summed E-state index contributed by atoms with van der Waals surface area (Å²) in [5, 5.41) is 10.5. The van der Waals surface area contributed by atoms with Gasteiger partial charge in [-0.3, -0.25) is 4.90 Å². The van der Waals surface area contributed by atoms with E-state index in [1.165, 1.54) is 0 Å². The van der Waals surface area contributed by atoms with Crippen LogP contribution in [0.15, 0.2) is 54.6 Å². The zero-order valence-corrected chi connectivity index (χ0v) is 13.6. The first-order valence-electron chi connectivity index (χ1n) is 7.77. The van der Waals surface area contributed by atoms with E-state index in [4.69, 9.17) is 4.74 Å². The monoisotopic (exact) mass is 299 g/mol. The van der Waals surface area contributed by atoms with Crippen molar-refractivity contribution >= 4 is 0 Å². The van der Waals surface area contributed by atoms with Crippen molar-refractivity contribution < 1.29 is 9.84 Å². The summed E-state index contributed by atoms with van der Waals surface area (Å²) in [5.41, 5.74) is 2.08. The Morgan fingerprint density at radius 1 is 1.05 bits per heavy atom. The van der Waals surface area contributed by atoms with Crippen LogP contribution in [0.3, 0.4) is 0 Å². The Balaban J connectivity index is 2.07. The minimum atomic E-state index is -0.509. The molecule has 0 radical (unpaired) electrons. The molecule has 1 N–H and O–H groups in total. The number of likely N-dealkylation sites (N-methyl/N-ethyl adjacent to an activating group) is 1. The number of aliphatic hydroxyl groups excluding tert-OH is 1. The molecule has 0 amide bonds. The summed E-state index contributed by atoms with van der Waals surface area (Å²) in [5.74, 6) is 0.915. The fourth-order valence-electron chi connectivity index (χ4n) is 2.51. The molecule has 2 rings (SSSR count). The van der Waals surface area contributed by atoms with Crippen molar-refractivity contribution in [3.05, 3.63) is 65.7 Å². The van der Waals surface area contributed by atoms with E-state index in [1.54, 1.807) is 0 Å². The molecule has 0 saturated heterocycles. The molecule has 0 aromatic heterocycles. The number of benzene rings is 2. The number of rotatable bonds is 7. The molecule has 22 heavy (non-hydrogen) atoms. The van der Waals surface area contributed by atoms with Gasteiger partial charge in [-0.1, -0.05) is 48.5 Å². The molecule has 2 unspecified atom stereocenters. The van der Waals surface area contributed by atoms with Gasteiger partial charge in [0.2, 0.25) is 0 Å². The molecule has 0 fully saturated rings. The van der Waals surface area contributed by atoms with Gasteiger partial charge < -0.3 is 9.84 Å². The van der Waals surface area contributed by atoms with E-state index in [0.29, 0.717) is 6.61 Å². The SMILES string of the molecule is CCOc1ccccc1CN(C)C(C)C(O)c1ccccc1. The van der Waals surface area contributed by atoms with Crippen LogP contribution in [-0.4, -0.2) is 29.7 Å². The lowest BCUT2D eigenvalue weighted by Crippen LogP contribution is -2.34. The molecule has 0 spiro atoms. The number of ether oxygens (including phenoxy) is 1. The average Bonchev–Trinajstić information content (AvgIpc) is 2.56. The molecule has 2 atom stereocenters. The highest BCUT2D eigenvalue weighted by Crippen LogP contribution is 2.24. The van der Waals surface area contributed by atoms with E-state index < -0.39 is 6.10 Å². The van der Waals surface area contributed by atoms with Crippen molar-refractivity contribution in [1.82, 2.24) is 4.90 Å². The van der Waals surface area contributed by atoms with E-state index in [9.17, 15) is 5.11 Å². The van der Waals surface area contributed by atoms with Gasteiger partial charge in [0.15, 0.2) is 0 Å². The largest absolute Gasteiger partial charge is 0.494 e. The second kappa shape index (κ2) is 7.97. The standard InChI is InChI=1S/C19H25NO2/c1-4-22-18-13-9-8-12-17(18)14-20(3)15(2)19(21)16-10-6-5-7-11-16/h5-13,15,19,21H,4,14H2,1-3H3. The molecule has 2 aromatic rings. The van der Waals surface area contributed by atoms with Gasteiger partial charge in [0.05, 0.1) is 12.7 Å². The number of hydrogen-bond acceptors (Lipinski definition) is 3. The van der Waals surface area contributed by atoms with Gasteiger partial charge in [-0.05, 0) is 32.5 Å². The maximum Gasteiger partial charge on any atom is 0.123 e. The lowest BCUT2D eigenvalue weighted by atomic mass is 10.0. The summed E-state index contributed by atoms with van der Waals surface area (Å²) >= 11 is 0. The third kappa shape index (κ3) is 4.09. The predicted molar refractivity (Wildman–Crippen MR) is 89.9 cm³/mol. The Morgan fingerprint density at radius 3 is 2.36 bits per heavy atom. The van der Waals surface area contributed by atoms with Crippen molar-refractivity contribution in [2.75, 3.05) is 13.7 Å². The first-order chi connectivity index (χ1) is 10.6. The van der Waals surface area contributed by atoms with Crippen molar-refractivity contribution in [2.45, 2.75) is 32.5 Å². The number of para-hydroxylation sites is 1. The van der Waals surface area contributed by atoms with E-state index in [1.807, 2.05) is 69.4 Å². The molecule has 3 nitrogen and oxygen atoms in total. The molecule has 0 aliphatic carbocycles. The van der Waals surface area contributed by atoms with Crippen LogP contribution in [0.1, 0.15) is 31.1 Å². The summed E-state index contributed by atoms with van der Waals surface area (Å²) in [4.78, 5) is 2.15. The molecule has 2 aromatic carbocycles. The quantitative estimate of drug-likeness (QED) is 0.847. The summed E-state index contributed by atoms with van der Waals surface area (Å²) in [6.07, 6.45) is -0.509. The van der Waals surface area contributed by atoms with Crippen LogP contribution in [0.2, 0.25) is 0 Å². The minimum absolute atomic E-state index is 0.0112. The average molecular weight is 299 g/mol. The van der Waals surface area contributed by atoms with Gasteiger partial charge in [-0.2, -0.15) is 0 Å². The van der Waals surface area contributed by atoms with Gasteiger partial charge in [0, 0.05) is 18.2 Å². The highest BCUT2D eigenvalue weighted by atomic mass is 16.5. The smallest absolute Gasteiger partial charge is 0.123 e. The summed E-state index contributed by atoms with van der Waals surface area (Å²) < 4.78 is 5.67. The van der Waals surface area contributed by atoms with Gasteiger partial charge in [0.25, 0.3) is 0 Å². The summed E-state index contributed by atoms with van der Waals surface area (Å²) in [6.45, 7) is 5.42. The third-order valence-corrected chi connectivity index (χ3v) is 3.99. The van der Waals surface area contributed by atoms with E-state index in [0.717, 1.165) is 23.4 Å². The molecule has 0 bridgehead atoms. The predicted octanol–water partition coefficient (Wildman–Crippen LogP) is 3.64. The second-order valence-corrected chi connectivity index (χ2v) is 5.55. The normalized spacial score (nSPS) is 13.9. The minimum Gasteiger partial charge on any atom is -0.494 e. The number of hydrogen-bond donors (Lipinski definition) is 1. The first kappa shape index (κ1) is 16.5. The van der Waals surface area contributed by atoms with Crippen LogP contribution in [0.4, 0.5) is 0 Å². The van der Waals surface area contributed by atoms with Gasteiger partial charge in [-0.15, -0.1) is 0 Å². The van der Waals surface area contributed by atoms with Gasteiger partial charge in [-0.25, -0.2) is 0 Å².